The molecule has 9 nitrogen and oxygen atoms in total. The summed E-state index contributed by atoms with van der Waals surface area (Å²) >= 11 is 0. The van der Waals surface area contributed by atoms with Crippen molar-refractivity contribution >= 4 is 42.5 Å². The van der Waals surface area contributed by atoms with Gasteiger partial charge in [-0.25, -0.2) is 13.2 Å². The molecule has 0 aliphatic rings. The van der Waals surface area contributed by atoms with Gasteiger partial charge in [-0.2, -0.15) is 21.6 Å². The predicted molar refractivity (Wildman–Crippen MR) is 124 cm³/mol. The van der Waals surface area contributed by atoms with Crippen LogP contribution in [0.25, 0.3) is 22.1 Å². The Hall–Kier alpha value is -3.88. The Morgan fingerprint density at radius 2 is 1.58 bits per heavy atom. The van der Waals surface area contributed by atoms with Crippen LogP contribution in [-0.2, 0) is 26.3 Å². The number of benzene rings is 3. The lowest BCUT2D eigenvalue weighted by atomic mass is 10.0. The lowest BCUT2D eigenvalue weighted by Crippen LogP contribution is -2.19. The molecule has 3 aromatic carbocycles. The minimum atomic E-state index is -4.79. The second-order valence-electron chi connectivity index (χ2n) is 7.53. The molecule has 36 heavy (non-hydrogen) atoms. The summed E-state index contributed by atoms with van der Waals surface area (Å²) in [5.41, 5.74) is 2.71. The average molecular weight is 540 g/mol. The van der Waals surface area contributed by atoms with E-state index < -0.39 is 53.0 Å². The maximum absolute atomic E-state index is 13.0. The van der Waals surface area contributed by atoms with E-state index in [0.29, 0.717) is 12.1 Å². The number of nitrogens with one attached hydrogen (secondary N) is 1. The van der Waals surface area contributed by atoms with Crippen molar-refractivity contribution in [1.82, 2.24) is 0 Å². The van der Waals surface area contributed by atoms with Crippen LogP contribution in [0.2, 0.25) is 0 Å². The number of halogens is 3. The van der Waals surface area contributed by atoms with Gasteiger partial charge in [0.2, 0.25) is 0 Å². The summed E-state index contributed by atoms with van der Waals surface area (Å²) in [5.74, 6) is 0. The van der Waals surface area contributed by atoms with Gasteiger partial charge < -0.3 is 10.2 Å². The molecule has 0 saturated heterocycles. The maximum Gasteiger partial charge on any atom is 0.416 e. The van der Waals surface area contributed by atoms with Crippen molar-refractivity contribution in [3.63, 3.8) is 0 Å². The maximum atomic E-state index is 13.0. The number of nitrogens with two attached hydrogens (primary N) is 1. The van der Waals surface area contributed by atoms with E-state index in [9.17, 15) is 39.4 Å². The molecular formula is C22H15F3N2O7S2. The van der Waals surface area contributed by atoms with Gasteiger partial charge in [-0.3, -0.25) is 9.27 Å². The van der Waals surface area contributed by atoms with Crippen molar-refractivity contribution < 1.29 is 39.0 Å². The summed E-state index contributed by atoms with van der Waals surface area (Å²) < 4.78 is 105. The normalized spacial score (nSPS) is 12.6. The van der Waals surface area contributed by atoms with Gasteiger partial charge >= 0.3 is 11.8 Å². The Morgan fingerprint density at radius 1 is 0.889 bits per heavy atom. The van der Waals surface area contributed by atoms with E-state index in [4.69, 9.17) is 10.2 Å². The van der Waals surface area contributed by atoms with E-state index >= 15 is 0 Å². The third-order valence-electron chi connectivity index (χ3n) is 5.05. The number of hydrogen-bond acceptors (Lipinski definition) is 7. The van der Waals surface area contributed by atoms with Crippen LogP contribution in [0.3, 0.4) is 0 Å². The van der Waals surface area contributed by atoms with E-state index in [0.717, 1.165) is 24.3 Å². The first-order valence-corrected chi connectivity index (χ1v) is 12.7. The zero-order valence-electron chi connectivity index (χ0n) is 17.8. The highest BCUT2D eigenvalue weighted by molar-refractivity contribution is 7.92. The molecule has 4 N–H and O–H groups in total. The Bertz CT molecular complexity index is 1780. The largest absolute Gasteiger partial charge is 0.421 e. The van der Waals surface area contributed by atoms with Crippen LogP contribution in [0.1, 0.15) is 5.56 Å². The Kier molecular flexibility index (Phi) is 6.06. The molecule has 0 unspecified atom stereocenters. The second-order valence-corrected chi connectivity index (χ2v) is 10.6. The molecule has 0 aliphatic carbocycles. The molecule has 14 heteroatoms. The fourth-order valence-electron chi connectivity index (χ4n) is 3.45. The summed E-state index contributed by atoms with van der Waals surface area (Å²) in [5, 5.41) is 0.137. The number of para-hydroxylation sites is 1. The van der Waals surface area contributed by atoms with Crippen molar-refractivity contribution in [2.24, 2.45) is 0 Å². The topological polar surface area (TPSA) is 157 Å². The van der Waals surface area contributed by atoms with Crippen molar-refractivity contribution in [3.8, 4) is 11.1 Å². The monoisotopic (exact) mass is 540 g/mol. The van der Waals surface area contributed by atoms with Gasteiger partial charge in [0, 0.05) is 22.2 Å². The van der Waals surface area contributed by atoms with Gasteiger partial charge in [-0.1, -0.05) is 24.3 Å². The summed E-state index contributed by atoms with van der Waals surface area (Å²) in [7, 11) is -9.32. The van der Waals surface area contributed by atoms with E-state index in [1.54, 1.807) is 0 Å². The quantitative estimate of drug-likeness (QED) is 0.194. The van der Waals surface area contributed by atoms with Gasteiger partial charge in [0.25, 0.3) is 20.1 Å². The van der Waals surface area contributed by atoms with Crippen LogP contribution in [0, 0.1) is 0 Å². The van der Waals surface area contributed by atoms with Crippen LogP contribution in [0.15, 0.2) is 85.7 Å². The molecule has 0 saturated carbocycles. The third-order valence-corrected chi connectivity index (χ3v) is 7.32. The molecule has 0 spiro atoms. The van der Waals surface area contributed by atoms with Crippen molar-refractivity contribution in [1.29, 1.82) is 0 Å². The number of rotatable bonds is 5. The smallest absolute Gasteiger partial charge is 0.416 e. The Morgan fingerprint density at radius 3 is 2.25 bits per heavy atom. The van der Waals surface area contributed by atoms with Crippen molar-refractivity contribution in [3.05, 3.63) is 82.7 Å². The highest BCUT2D eigenvalue weighted by Crippen LogP contribution is 2.35. The Balaban J connectivity index is 1.83. The number of hydrogen-bond donors (Lipinski definition) is 3. The van der Waals surface area contributed by atoms with E-state index in [2.05, 4.69) is 0 Å². The summed E-state index contributed by atoms with van der Waals surface area (Å²) in [6.45, 7) is 0. The Labute approximate surface area is 201 Å². The lowest BCUT2D eigenvalue weighted by Gasteiger charge is -2.12. The van der Waals surface area contributed by atoms with Gasteiger partial charge in [0.15, 0.2) is 0 Å². The van der Waals surface area contributed by atoms with E-state index in [-0.39, 0.29) is 27.8 Å². The molecule has 0 bridgehead atoms. The first-order valence-electron chi connectivity index (χ1n) is 9.81. The van der Waals surface area contributed by atoms with Crippen LogP contribution >= 0.6 is 0 Å². The highest BCUT2D eigenvalue weighted by Gasteiger charge is 2.32. The molecular weight excluding hydrogens is 525 g/mol. The average Bonchev–Trinajstić information content (AvgIpc) is 2.78. The van der Waals surface area contributed by atoms with Gasteiger partial charge in [-0.05, 0) is 42.5 Å². The standard InChI is InChI=1S/C22H15F3N2O7S2/c23-22(24,25)13-4-2-5-15(10-13)35(29,30)27-18-9-12-3-1-6-16(20(12)34-21(18)28)17-11-14(26)7-8-19(17)36(31,32)33/h1-11,27H,26H2,(H,31,32,33). The van der Waals surface area contributed by atoms with Crippen molar-refractivity contribution in [2.45, 2.75) is 16.0 Å². The van der Waals surface area contributed by atoms with Gasteiger partial charge in [0.1, 0.15) is 16.2 Å². The van der Waals surface area contributed by atoms with Gasteiger partial charge in [-0.15, -0.1) is 0 Å². The number of sulfonamides is 1. The molecule has 1 aromatic heterocycles. The molecule has 0 aliphatic heterocycles. The minimum Gasteiger partial charge on any atom is -0.421 e. The third kappa shape index (κ3) is 4.91. The first kappa shape index (κ1) is 25.2. The lowest BCUT2D eigenvalue weighted by molar-refractivity contribution is -0.137. The number of alkyl halides is 3. The number of nitrogen functional groups attached to an aromatic ring is 1. The zero-order chi connectivity index (χ0) is 26.5. The molecule has 1 heterocycles. The molecule has 4 rings (SSSR count). The second kappa shape index (κ2) is 8.65. The molecule has 4 aromatic rings. The van der Waals surface area contributed by atoms with Crippen LogP contribution in [-0.4, -0.2) is 21.4 Å². The number of fused-ring (bicyclic) bond motifs is 1. The fourth-order valence-corrected chi connectivity index (χ4v) is 5.23. The first-order chi connectivity index (χ1) is 16.7. The highest BCUT2D eigenvalue weighted by atomic mass is 32.2. The summed E-state index contributed by atoms with van der Waals surface area (Å²) in [6.07, 6.45) is -4.79. The number of anilines is 2. The van der Waals surface area contributed by atoms with E-state index in [1.807, 2.05) is 4.72 Å². The van der Waals surface area contributed by atoms with Crippen LogP contribution in [0.4, 0.5) is 24.5 Å². The molecule has 0 fully saturated rings. The van der Waals surface area contributed by atoms with Crippen LogP contribution in [0.5, 0.6) is 0 Å². The fraction of sp³-hybridized carbons (Fsp3) is 0.0455. The van der Waals surface area contributed by atoms with E-state index in [1.165, 1.54) is 30.3 Å². The summed E-state index contributed by atoms with van der Waals surface area (Å²) in [4.78, 5) is 11.4. The SMILES string of the molecule is Nc1ccc(S(=O)(=O)O)c(-c2cccc3cc(NS(=O)(=O)c4cccc(C(F)(F)F)c4)c(=O)oc23)c1. The molecule has 188 valence electrons. The summed E-state index contributed by atoms with van der Waals surface area (Å²) in [6, 6.07) is 11.8. The molecule has 0 radical (unpaired) electrons. The van der Waals surface area contributed by atoms with Crippen molar-refractivity contribution in [2.75, 3.05) is 10.5 Å². The minimum absolute atomic E-state index is 0.0526. The van der Waals surface area contributed by atoms with Gasteiger partial charge in [0.05, 0.1) is 10.5 Å². The predicted octanol–water partition coefficient (Wildman–Crippen LogP) is 4.11. The molecule has 0 amide bonds. The van der Waals surface area contributed by atoms with Crippen LogP contribution < -0.4 is 16.1 Å². The molecule has 0 atom stereocenters. The zero-order valence-corrected chi connectivity index (χ0v) is 19.4.